The van der Waals surface area contributed by atoms with Crippen molar-refractivity contribution in [1.82, 2.24) is 10.2 Å². The monoisotopic (exact) mass is 421 g/mol. The lowest BCUT2D eigenvalue weighted by Crippen LogP contribution is -2.31. The number of nitrogens with zero attached hydrogens (tertiary/aromatic N) is 2. The molecule has 0 saturated carbocycles. The quantitative estimate of drug-likeness (QED) is 0.525. The van der Waals surface area contributed by atoms with E-state index in [9.17, 15) is 9.59 Å². The van der Waals surface area contributed by atoms with Gasteiger partial charge in [-0.15, -0.1) is 11.3 Å². The van der Waals surface area contributed by atoms with Crippen LogP contribution in [0.3, 0.4) is 0 Å². The summed E-state index contributed by atoms with van der Waals surface area (Å²) in [6.07, 6.45) is 0.848. The van der Waals surface area contributed by atoms with Crippen molar-refractivity contribution in [2.24, 2.45) is 0 Å². The minimum absolute atomic E-state index is 0.118. The number of nitrogens with one attached hydrogen (secondary N) is 1. The summed E-state index contributed by atoms with van der Waals surface area (Å²) < 4.78 is 0. The fourth-order valence-electron chi connectivity index (χ4n) is 3.25. The van der Waals surface area contributed by atoms with Crippen molar-refractivity contribution in [1.29, 1.82) is 0 Å². The van der Waals surface area contributed by atoms with Crippen LogP contribution in [0, 0.1) is 0 Å². The zero-order valence-electron chi connectivity index (χ0n) is 17.4. The van der Waals surface area contributed by atoms with Gasteiger partial charge in [0.25, 0.3) is 11.8 Å². The van der Waals surface area contributed by atoms with Gasteiger partial charge in [0.1, 0.15) is 0 Å². The van der Waals surface area contributed by atoms with Crippen LogP contribution in [-0.4, -0.2) is 43.9 Å². The van der Waals surface area contributed by atoms with Crippen molar-refractivity contribution in [3.05, 3.63) is 88.1 Å². The first-order chi connectivity index (χ1) is 14.6. The Balaban J connectivity index is 1.52. The summed E-state index contributed by atoms with van der Waals surface area (Å²) >= 11 is 1.39. The summed E-state index contributed by atoms with van der Waals surface area (Å²) in [4.78, 5) is 29.8. The van der Waals surface area contributed by atoms with E-state index >= 15 is 0 Å². The Bertz CT molecular complexity index is 958. The number of hydrogen-bond donors (Lipinski definition) is 1. The lowest BCUT2D eigenvalue weighted by molar-refractivity contribution is 0.0952. The van der Waals surface area contributed by atoms with Crippen LogP contribution >= 0.6 is 11.3 Å². The highest BCUT2D eigenvalue weighted by Crippen LogP contribution is 2.22. The number of thiophene rings is 1. The molecule has 0 fully saturated rings. The van der Waals surface area contributed by atoms with Gasteiger partial charge >= 0.3 is 0 Å². The van der Waals surface area contributed by atoms with Crippen LogP contribution in [0.15, 0.2) is 72.1 Å². The van der Waals surface area contributed by atoms with Crippen LogP contribution in [0.2, 0.25) is 0 Å². The van der Waals surface area contributed by atoms with Gasteiger partial charge in [0.05, 0.1) is 16.1 Å². The Morgan fingerprint density at radius 3 is 2.40 bits per heavy atom. The number of para-hydroxylation sites is 1. The van der Waals surface area contributed by atoms with E-state index in [0.717, 1.165) is 19.5 Å². The van der Waals surface area contributed by atoms with Crippen molar-refractivity contribution in [2.75, 3.05) is 32.1 Å². The van der Waals surface area contributed by atoms with Crippen LogP contribution < -0.4 is 10.2 Å². The molecule has 3 aromatic rings. The number of benzene rings is 2. The van der Waals surface area contributed by atoms with E-state index in [1.807, 2.05) is 41.8 Å². The lowest BCUT2D eigenvalue weighted by Gasteiger charge is -2.20. The van der Waals surface area contributed by atoms with E-state index < -0.39 is 0 Å². The first-order valence-electron chi connectivity index (χ1n) is 9.97. The highest BCUT2D eigenvalue weighted by atomic mass is 32.1. The molecule has 0 spiro atoms. The number of carbonyl (C=O) groups is 2. The molecule has 0 aliphatic heterocycles. The minimum Gasteiger partial charge on any atom is -0.352 e. The van der Waals surface area contributed by atoms with Crippen molar-refractivity contribution in [3.8, 4) is 0 Å². The summed E-state index contributed by atoms with van der Waals surface area (Å²) in [7, 11) is 3.78. The Hall–Kier alpha value is -2.96. The lowest BCUT2D eigenvalue weighted by atomic mass is 10.1. The third-order valence-corrected chi connectivity index (χ3v) is 5.70. The van der Waals surface area contributed by atoms with E-state index in [0.29, 0.717) is 22.7 Å². The Labute approximate surface area is 181 Å². The molecule has 0 bridgehead atoms. The molecule has 0 aliphatic rings. The van der Waals surface area contributed by atoms with E-state index in [-0.39, 0.29) is 11.8 Å². The predicted molar refractivity (Wildman–Crippen MR) is 123 cm³/mol. The second-order valence-corrected chi connectivity index (χ2v) is 8.14. The summed E-state index contributed by atoms with van der Waals surface area (Å²) in [6, 6.07) is 21.2. The maximum atomic E-state index is 12.8. The topological polar surface area (TPSA) is 52.7 Å². The molecular weight excluding hydrogens is 394 g/mol. The molecule has 0 unspecified atom stereocenters. The molecule has 0 saturated heterocycles. The van der Waals surface area contributed by atoms with Crippen LogP contribution in [0.5, 0.6) is 0 Å². The third-order valence-electron chi connectivity index (χ3n) is 4.84. The maximum Gasteiger partial charge on any atom is 0.268 e. The number of carbonyl (C=O) groups excluding carboxylic acids is 2. The molecule has 156 valence electrons. The van der Waals surface area contributed by atoms with Crippen molar-refractivity contribution in [3.63, 3.8) is 0 Å². The van der Waals surface area contributed by atoms with Gasteiger partial charge < -0.3 is 15.1 Å². The predicted octanol–water partition coefficient (Wildman–Crippen LogP) is 4.28. The van der Waals surface area contributed by atoms with Crippen molar-refractivity contribution < 1.29 is 9.59 Å². The normalized spacial score (nSPS) is 10.8. The summed E-state index contributed by atoms with van der Waals surface area (Å²) in [5, 5.41) is 4.86. The fraction of sp³-hybridized carbons (Fsp3) is 0.250. The zero-order valence-corrected chi connectivity index (χ0v) is 18.2. The van der Waals surface area contributed by atoms with Gasteiger partial charge in [-0.25, -0.2) is 0 Å². The molecule has 30 heavy (non-hydrogen) atoms. The van der Waals surface area contributed by atoms with Gasteiger partial charge in [-0.2, -0.15) is 0 Å². The van der Waals surface area contributed by atoms with Gasteiger partial charge in [-0.3, -0.25) is 9.59 Å². The smallest absolute Gasteiger partial charge is 0.268 e. The largest absolute Gasteiger partial charge is 0.352 e. The van der Waals surface area contributed by atoms with E-state index in [1.54, 1.807) is 25.2 Å². The number of rotatable bonds is 9. The molecule has 5 nitrogen and oxygen atoms in total. The Morgan fingerprint density at radius 1 is 0.933 bits per heavy atom. The van der Waals surface area contributed by atoms with Gasteiger partial charge in [-0.1, -0.05) is 48.5 Å². The minimum atomic E-state index is -0.165. The molecular formula is C24H27N3O2S. The summed E-state index contributed by atoms with van der Waals surface area (Å²) in [5.74, 6) is -0.282. The average Bonchev–Trinajstić information content (AvgIpc) is 3.31. The maximum absolute atomic E-state index is 12.8. The third kappa shape index (κ3) is 5.78. The van der Waals surface area contributed by atoms with Crippen LogP contribution in [0.4, 0.5) is 5.69 Å². The first kappa shape index (κ1) is 21.7. The Morgan fingerprint density at radius 2 is 1.67 bits per heavy atom. The molecule has 0 radical (unpaired) electrons. The molecule has 0 atom stereocenters. The van der Waals surface area contributed by atoms with Gasteiger partial charge in [0.15, 0.2) is 0 Å². The summed E-state index contributed by atoms with van der Waals surface area (Å²) in [5.41, 5.74) is 2.38. The van der Waals surface area contributed by atoms with Gasteiger partial charge in [-0.05, 0) is 49.2 Å². The molecule has 1 N–H and O–H groups in total. The molecule has 2 amide bonds. The molecule has 1 aromatic heterocycles. The fourth-order valence-corrected chi connectivity index (χ4v) is 3.95. The second-order valence-electron chi connectivity index (χ2n) is 7.19. The second kappa shape index (κ2) is 10.7. The molecule has 3 rings (SSSR count). The van der Waals surface area contributed by atoms with Crippen molar-refractivity contribution in [2.45, 2.75) is 13.0 Å². The molecule has 1 heterocycles. The van der Waals surface area contributed by atoms with E-state index in [4.69, 9.17) is 0 Å². The average molecular weight is 422 g/mol. The number of hydrogen-bond acceptors (Lipinski definition) is 4. The highest BCUT2D eigenvalue weighted by molar-refractivity contribution is 7.12. The molecule has 6 heteroatoms. The first-order valence-corrected chi connectivity index (χ1v) is 10.9. The van der Waals surface area contributed by atoms with E-state index in [2.05, 4.69) is 29.4 Å². The molecule has 0 aliphatic carbocycles. The van der Waals surface area contributed by atoms with Gasteiger partial charge in [0.2, 0.25) is 0 Å². The number of amides is 2. The highest BCUT2D eigenvalue weighted by Gasteiger charge is 2.20. The molecule has 2 aromatic carbocycles. The SMILES string of the molecule is CN(CCCNC(=O)c1ccccc1N(C)C(=O)c1cccs1)Cc1ccccc1. The van der Waals surface area contributed by atoms with Crippen LogP contribution in [0.25, 0.3) is 0 Å². The number of anilines is 1. The van der Waals surface area contributed by atoms with Gasteiger partial charge in [0, 0.05) is 20.1 Å². The van der Waals surface area contributed by atoms with Crippen molar-refractivity contribution >= 4 is 28.8 Å². The van der Waals surface area contributed by atoms with Crippen LogP contribution in [0.1, 0.15) is 32.0 Å². The standard InChI is InChI=1S/C24H27N3O2S/c1-26(18-19-10-4-3-5-11-19)16-9-15-25-23(28)20-12-6-7-13-21(20)27(2)24(29)22-14-8-17-30-22/h3-8,10-14,17H,9,15-16,18H2,1-2H3,(H,25,28). The Kier molecular flexibility index (Phi) is 7.76. The zero-order chi connectivity index (χ0) is 21.3. The summed E-state index contributed by atoms with van der Waals surface area (Å²) in [6.45, 7) is 2.34. The van der Waals surface area contributed by atoms with Crippen LogP contribution in [-0.2, 0) is 6.54 Å². The van der Waals surface area contributed by atoms with E-state index in [1.165, 1.54) is 21.8 Å².